The second-order valence-electron chi connectivity index (χ2n) is 2.51. The summed E-state index contributed by atoms with van der Waals surface area (Å²) in [5.41, 5.74) is 2.64. The Hall–Kier alpha value is 0.390. The number of thiocarbonyl (C=S) groups is 1. The summed E-state index contributed by atoms with van der Waals surface area (Å²) >= 11 is 8.85. The molecule has 3 heteroatoms. The maximum Gasteiger partial charge on any atom is 0.109 e. The highest BCUT2D eigenvalue weighted by atomic mass is 127. The fraction of sp³-hybridized carbons (Fsp3) is 0.222. The fourth-order valence-corrected chi connectivity index (χ4v) is 1.94. The van der Waals surface area contributed by atoms with E-state index in [1.165, 1.54) is 11.1 Å². The highest BCUT2D eigenvalue weighted by Gasteiger charge is 1.94. The van der Waals surface area contributed by atoms with E-state index in [2.05, 4.69) is 53.8 Å². The topological polar surface area (TPSA) is 0 Å². The van der Waals surface area contributed by atoms with E-state index in [0.717, 1.165) is 7.96 Å². The second-order valence-corrected chi connectivity index (χ2v) is 6.71. The van der Waals surface area contributed by atoms with E-state index in [4.69, 9.17) is 12.2 Å². The Morgan fingerprint density at radius 3 is 2.50 bits per heavy atom. The van der Waals surface area contributed by atoms with E-state index in [0.29, 0.717) is 0 Å². The summed E-state index contributed by atoms with van der Waals surface area (Å²) in [6.07, 6.45) is 0. The summed E-state index contributed by atoms with van der Waals surface area (Å²) in [4.78, 5) is 0. The molecule has 0 radical (unpaired) electrons. The first kappa shape index (κ1) is 10.5. The smallest absolute Gasteiger partial charge is 0.103 e. The molecule has 12 heavy (non-hydrogen) atoms. The van der Waals surface area contributed by atoms with Crippen molar-refractivity contribution < 1.29 is 0 Å². The van der Waals surface area contributed by atoms with Gasteiger partial charge in [-0.05, 0) is 35.1 Å². The van der Waals surface area contributed by atoms with Gasteiger partial charge in [0, 0.05) is 5.75 Å². The Bertz CT molecular complexity index is 266. The number of rotatable bonds is 2. The molecule has 0 bridgehead atoms. The summed E-state index contributed by atoms with van der Waals surface area (Å²) in [6, 6.07) is 8.56. The van der Waals surface area contributed by atoms with Crippen molar-refractivity contribution in [3.63, 3.8) is 0 Å². The molecule has 0 spiro atoms. The lowest BCUT2D eigenvalue weighted by molar-refractivity contribution is 1.37. The lowest BCUT2D eigenvalue weighted by atomic mass is 10.2. The zero-order chi connectivity index (χ0) is 8.97. The number of thioether (sulfide) groups is 1. The van der Waals surface area contributed by atoms with Crippen molar-refractivity contribution in [2.45, 2.75) is 12.7 Å². The lowest BCUT2D eigenvalue weighted by Crippen LogP contribution is -1.81. The predicted octanol–water partition coefficient (Wildman–Crippen LogP) is 3.95. The second kappa shape index (κ2) is 5.19. The molecular weight excluding hydrogens is 299 g/mol. The Kier molecular flexibility index (Phi) is 4.53. The minimum Gasteiger partial charge on any atom is -0.103 e. The molecule has 0 heterocycles. The highest BCUT2D eigenvalue weighted by Crippen LogP contribution is 2.17. The highest BCUT2D eigenvalue weighted by molar-refractivity contribution is 14.1. The van der Waals surface area contributed by atoms with Crippen LogP contribution in [0.25, 0.3) is 0 Å². The van der Waals surface area contributed by atoms with Gasteiger partial charge in [-0.3, -0.25) is 0 Å². The molecule has 0 N–H and O–H groups in total. The molecule has 0 fully saturated rings. The normalized spacial score (nSPS) is 9.83. The van der Waals surface area contributed by atoms with E-state index in [1.54, 1.807) is 11.8 Å². The molecule has 0 atom stereocenters. The van der Waals surface area contributed by atoms with Crippen molar-refractivity contribution in [1.82, 2.24) is 0 Å². The summed E-state index contributed by atoms with van der Waals surface area (Å²) in [5.74, 6) is 0.988. The predicted molar refractivity (Wildman–Crippen MR) is 69.1 cm³/mol. The molecule has 0 nitrogen and oxygen atoms in total. The maximum atomic E-state index is 4.97. The van der Waals surface area contributed by atoms with Gasteiger partial charge in [-0.25, -0.2) is 0 Å². The minimum atomic E-state index is 0.980. The van der Waals surface area contributed by atoms with Gasteiger partial charge in [0.05, 0.1) is 0 Å². The first-order chi connectivity index (χ1) is 5.68. The van der Waals surface area contributed by atoms with Crippen LogP contribution in [0, 0.1) is 6.92 Å². The van der Waals surface area contributed by atoms with Crippen LogP contribution in [0.2, 0.25) is 0 Å². The first-order valence-electron chi connectivity index (χ1n) is 3.56. The summed E-state index contributed by atoms with van der Waals surface area (Å²) < 4.78 is 0.980. The third-order valence-electron chi connectivity index (χ3n) is 1.47. The number of hydrogen-bond acceptors (Lipinski definition) is 2. The van der Waals surface area contributed by atoms with Crippen molar-refractivity contribution in [2.75, 3.05) is 0 Å². The molecule has 0 saturated carbocycles. The standard InChI is InChI=1S/C9H9IS2/c1-7-2-4-8(5-3-7)6-12-9(10)11/h2-5H,6H2,1H3. The fourth-order valence-electron chi connectivity index (χ4n) is 0.824. The Balaban J connectivity index is 2.53. The Labute approximate surface area is 96.3 Å². The molecule has 0 aliphatic rings. The van der Waals surface area contributed by atoms with Crippen molar-refractivity contribution in [3.05, 3.63) is 35.4 Å². The molecule has 1 aromatic rings. The van der Waals surface area contributed by atoms with Gasteiger partial charge in [0.15, 0.2) is 0 Å². The van der Waals surface area contributed by atoms with Crippen molar-refractivity contribution >= 4 is 48.8 Å². The number of halogens is 1. The summed E-state index contributed by atoms with van der Waals surface area (Å²) in [6.45, 7) is 2.10. The van der Waals surface area contributed by atoms with Crippen LogP contribution in [-0.2, 0) is 5.75 Å². The molecule has 0 aliphatic heterocycles. The van der Waals surface area contributed by atoms with Crippen LogP contribution in [0.1, 0.15) is 11.1 Å². The van der Waals surface area contributed by atoms with Gasteiger partial charge in [0.2, 0.25) is 0 Å². The van der Waals surface area contributed by atoms with Crippen LogP contribution in [0.5, 0.6) is 0 Å². The lowest BCUT2D eigenvalue weighted by Gasteiger charge is -1.99. The third kappa shape index (κ3) is 3.87. The average Bonchev–Trinajstić information content (AvgIpc) is 2.03. The average molecular weight is 308 g/mol. The van der Waals surface area contributed by atoms with Gasteiger partial charge in [0.25, 0.3) is 0 Å². The van der Waals surface area contributed by atoms with Gasteiger partial charge in [-0.2, -0.15) is 0 Å². The van der Waals surface area contributed by atoms with Crippen molar-refractivity contribution in [2.24, 2.45) is 0 Å². The van der Waals surface area contributed by atoms with Crippen LogP contribution in [-0.4, -0.2) is 2.20 Å². The Morgan fingerprint density at radius 1 is 1.42 bits per heavy atom. The number of aryl methyl sites for hydroxylation is 1. The van der Waals surface area contributed by atoms with Gasteiger partial charge in [-0.1, -0.05) is 42.0 Å². The molecular formula is C9H9IS2. The van der Waals surface area contributed by atoms with E-state index < -0.39 is 0 Å². The molecule has 1 rings (SSSR count). The van der Waals surface area contributed by atoms with E-state index in [1.807, 2.05) is 0 Å². The quantitative estimate of drug-likeness (QED) is 0.461. The first-order valence-corrected chi connectivity index (χ1v) is 6.03. The largest absolute Gasteiger partial charge is 0.109 e. The third-order valence-corrected chi connectivity index (χ3v) is 3.47. The molecule has 1 aromatic carbocycles. The van der Waals surface area contributed by atoms with Crippen LogP contribution < -0.4 is 0 Å². The van der Waals surface area contributed by atoms with E-state index >= 15 is 0 Å². The summed E-state index contributed by atoms with van der Waals surface area (Å²) in [5, 5.41) is 0. The zero-order valence-electron chi connectivity index (χ0n) is 6.71. The SMILES string of the molecule is Cc1ccc(CSC(=S)I)cc1. The van der Waals surface area contributed by atoms with Crippen LogP contribution in [0.3, 0.4) is 0 Å². The van der Waals surface area contributed by atoms with Crippen LogP contribution >= 0.6 is 46.6 Å². The molecule has 0 unspecified atom stereocenters. The van der Waals surface area contributed by atoms with Gasteiger partial charge >= 0.3 is 0 Å². The number of benzene rings is 1. The zero-order valence-corrected chi connectivity index (χ0v) is 10.5. The van der Waals surface area contributed by atoms with E-state index in [9.17, 15) is 0 Å². The van der Waals surface area contributed by atoms with Crippen molar-refractivity contribution in [3.8, 4) is 0 Å². The summed E-state index contributed by atoms with van der Waals surface area (Å²) in [7, 11) is 0. The van der Waals surface area contributed by atoms with Gasteiger partial charge in [-0.15, -0.1) is 11.8 Å². The monoisotopic (exact) mass is 308 g/mol. The molecule has 64 valence electrons. The maximum absolute atomic E-state index is 4.97. The van der Waals surface area contributed by atoms with Crippen LogP contribution in [0.15, 0.2) is 24.3 Å². The molecule has 0 aromatic heterocycles. The number of hydrogen-bond donors (Lipinski definition) is 0. The molecule has 0 aliphatic carbocycles. The Morgan fingerprint density at radius 2 is 2.00 bits per heavy atom. The van der Waals surface area contributed by atoms with Crippen LogP contribution in [0.4, 0.5) is 0 Å². The van der Waals surface area contributed by atoms with E-state index in [-0.39, 0.29) is 0 Å². The van der Waals surface area contributed by atoms with Gasteiger partial charge in [0.1, 0.15) is 2.20 Å². The molecule has 0 amide bonds. The minimum absolute atomic E-state index is 0.980. The van der Waals surface area contributed by atoms with Crippen molar-refractivity contribution in [1.29, 1.82) is 0 Å². The van der Waals surface area contributed by atoms with Gasteiger partial charge < -0.3 is 0 Å². The molecule has 0 saturated heterocycles.